The molecule has 9 heteroatoms. The molecule has 1 aromatic carbocycles. The monoisotopic (exact) mass is 357 g/mol. The first-order chi connectivity index (χ1) is 12.6. The van der Waals surface area contributed by atoms with Crippen LogP contribution in [0.15, 0.2) is 24.3 Å². The number of hydrogen-bond acceptors (Lipinski definition) is 6. The van der Waals surface area contributed by atoms with E-state index in [0.717, 1.165) is 22.2 Å². The standard InChI is InChI=1S/C17H23N7O2/c1-25-10-13-23-14-15(11-4-2-3-5-12(11)22-16(14)18)24(13)7-9-26-8-6-21-17(19)20/h2-5H,6-10H2,1H3,(H2,18,22)(H4,19,20,21). The second-order valence-electron chi connectivity index (χ2n) is 5.78. The van der Waals surface area contributed by atoms with Gasteiger partial charge in [-0.25, -0.2) is 9.97 Å². The van der Waals surface area contributed by atoms with Gasteiger partial charge in [0.05, 0.1) is 24.2 Å². The van der Waals surface area contributed by atoms with Crippen LogP contribution < -0.4 is 16.8 Å². The number of para-hydroxylation sites is 1. The van der Waals surface area contributed by atoms with E-state index in [-0.39, 0.29) is 5.96 Å². The SMILES string of the molecule is COCc1nc2c(N)nc3ccccc3c2n1CCOCCNC(=N)N. The fourth-order valence-corrected chi connectivity index (χ4v) is 2.90. The molecule has 138 valence electrons. The number of anilines is 1. The molecule has 0 spiro atoms. The maximum absolute atomic E-state index is 7.12. The second-order valence-corrected chi connectivity index (χ2v) is 5.78. The first kappa shape index (κ1) is 17.9. The molecule has 0 atom stereocenters. The second kappa shape index (κ2) is 7.98. The number of ether oxygens (including phenoxy) is 2. The van der Waals surface area contributed by atoms with Crippen LogP contribution in [0.5, 0.6) is 0 Å². The maximum Gasteiger partial charge on any atom is 0.185 e. The van der Waals surface area contributed by atoms with Crippen molar-refractivity contribution in [3.05, 3.63) is 30.1 Å². The Morgan fingerprint density at radius 1 is 1.27 bits per heavy atom. The molecule has 0 aliphatic heterocycles. The summed E-state index contributed by atoms with van der Waals surface area (Å²) in [5.74, 6) is 1.12. The number of rotatable bonds is 8. The van der Waals surface area contributed by atoms with Crippen molar-refractivity contribution in [2.75, 3.05) is 32.6 Å². The van der Waals surface area contributed by atoms with E-state index in [2.05, 4.69) is 19.9 Å². The van der Waals surface area contributed by atoms with Gasteiger partial charge in [0.25, 0.3) is 0 Å². The predicted molar refractivity (Wildman–Crippen MR) is 101 cm³/mol. The zero-order valence-electron chi connectivity index (χ0n) is 14.7. The van der Waals surface area contributed by atoms with Crippen molar-refractivity contribution in [2.24, 2.45) is 5.73 Å². The summed E-state index contributed by atoms with van der Waals surface area (Å²) >= 11 is 0. The van der Waals surface area contributed by atoms with Crippen LogP contribution in [0, 0.1) is 5.41 Å². The quantitative estimate of drug-likeness (QED) is 0.266. The molecule has 6 N–H and O–H groups in total. The molecular formula is C17H23N7O2. The lowest BCUT2D eigenvalue weighted by molar-refractivity contribution is 0.127. The normalized spacial score (nSPS) is 11.3. The minimum atomic E-state index is -0.0639. The van der Waals surface area contributed by atoms with E-state index < -0.39 is 0 Å². The van der Waals surface area contributed by atoms with Crippen molar-refractivity contribution in [1.29, 1.82) is 5.41 Å². The summed E-state index contributed by atoms with van der Waals surface area (Å²) < 4.78 is 13.0. The minimum Gasteiger partial charge on any atom is -0.382 e. The van der Waals surface area contributed by atoms with Crippen LogP contribution in [0.2, 0.25) is 0 Å². The number of pyridine rings is 1. The van der Waals surface area contributed by atoms with Gasteiger partial charge < -0.3 is 30.8 Å². The summed E-state index contributed by atoms with van der Waals surface area (Å²) in [6, 6.07) is 7.85. The summed E-state index contributed by atoms with van der Waals surface area (Å²) in [6.07, 6.45) is 0. The third-order valence-electron chi connectivity index (χ3n) is 3.98. The van der Waals surface area contributed by atoms with Gasteiger partial charge in [-0.05, 0) is 6.07 Å². The summed E-state index contributed by atoms with van der Waals surface area (Å²) in [7, 11) is 1.63. The van der Waals surface area contributed by atoms with Crippen molar-refractivity contribution in [1.82, 2.24) is 19.9 Å². The van der Waals surface area contributed by atoms with Gasteiger partial charge in [-0.1, -0.05) is 18.2 Å². The summed E-state index contributed by atoms with van der Waals surface area (Å²) in [5, 5.41) is 10.8. The molecule has 3 rings (SSSR count). The van der Waals surface area contributed by atoms with Crippen LogP contribution >= 0.6 is 0 Å². The Kier molecular flexibility index (Phi) is 5.49. The highest BCUT2D eigenvalue weighted by atomic mass is 16.5. The van der Waals surface area contributed by atoms with Crippen molar-refractivity contribution in [3.8, 4) is 0 Å². The highest BCUT2D eigenvalue weighted by molar-refractivity contribution is 6.06. The minimum absolute atomic E-state index is 0.0639. The molecule has 0 amide bonds. The molecule has 0 fully saturated rings. The van der Waals surface area contributed by atoms with Crippen LogP contribution in [0.1, 0.15) is 5.82 Å². The first-order valence-electron chi connectivity index (χ1n) is 8.29. The molecule has 0 aliphatic carbocycles. The maximum atomic E-state index is 7.12. The predicted octanol–water partition coefficient (Wildman–Crippen LogP) is 0.813. The van der Waals surface area contributed by atoms with E-state index in [0.29, 0.717) is 44.2 Å². The Hall–Kier alpha value is -2.91. The van der Waals surface area contributed by atoms with E-state index in [4.69, 9.17) is 26.4 Å². The molecule has 2 heterocycles. The number of methoxy groups -OCH3 is 1. The van der Waals surface area contributed by atoms with E-state index in [1.165, 1.54) is 0 Å². The Balaban J connectivity index is 1.89. The molecule has 0 saturated heterocycles. The third kappa shape index (κ3) is 3.68. The number of hydrogen-bond donors (Lipinski definition) is 4. The Bertz CT molecular complexity index is 922. The number of nitrogens with one attached hydrogen (secondary N) is 2. The largest absolute Gasteiger partial charge is 0.382 e. The molecule has 3 aromatic rings. The number of guanidine groups is 1. The number of aromatic nitrogens is 3. The molecule has 0 unspecified atom stereocenters. The van der Waals surface area contributed by atoms with Gasteiger partial charge in [-0.3, -0.25) is 5.41 Å². The van der Waals surface area contributed by atoms with Crippen LogP contribution in [0.3, 0.4) is 0 Å². The highest BCUT2D eigenvalue weighted by Gasteiger charge is 2.16. The fourth-order valence-electron chi connectivity index (χ4n) is 2.90. The molecule has 2 aromatic heterocycles. The van der Waals surface area contributed by atoms with Crippen LogP contribution in [0.25, 0.3) is 21.9 Å². The summed E-state index contributed by atoms with van der Waals surface area (Å²) in [4.78, 5) is 9.07. The molecule has 0 aliphatic rings. The topological polar surface area (TPSA) is 137 Å². The van der Waals surface area contributed by atoms with Crippen LogP contribution in [-0.2, 0) is 22.6 Å². The zero-order chi connectivity index (χ0) is 18.5. The smallest absolute Gasteiger partial charge is 0.185 e. The summed E-state index contributed by atoms with van der Waals surface area (Å²) in [6.45, 7) is 2.40. The lowest BCUT2D eigenvalue weighted by Gasteiger charge is -2.11. The third-order valence-corrected chi connectivity index (χ3v) is 3.98. The van der Waals surface area contributed by atoms with E-state index in [1.807, 2.05) is 24.3 Å². The number of nitrogens with zero attached hydrogens (tertiary/aromatic N) is 3. The van der Waals surface area contributed by atoms with Gasteiger partial charge in [0, 0.05) is 25.6 Å². The van der Waals surface area contributed by atoms with Crippen molar-refractivity contribution < 1.29 is 9.47 Å². The highest BCUT2D eigenvalue weighted by Crippen LogP contribution is 2.28. The molecule has 0 saturated carbocycles. The molecule has 9 nitrogen and oxygen atoms in total. The average molecular weight is 357 g/mol. The number of nitrogen functional groups attached to an aromatic ring is 1. The van der Waals surface area contributed by atoms with Crippen LogP contribution in [0.4, 0.5) is 5.82 Å². The number of benzene rings is 1. The van der Waals surface area contributed by atoms with Crippen LogP contribution in [-0.4, -0.2) is 47.4 Å². The molecule has 26 heavy (non-hydrogen) atoms. The molecular weight excluding hydrogens is 334 g/mol. The number of imidazole rings is 1. The summed E-state index contributed by atoms with van der Waals surface area (Å²) in [5.41, 5.74) is 13.8. The lowest BCUT2D eigenvalue weighted by atomic mass is 10.2. The van der Waals surface area contributed by atoms with Gasteiger partial charge in [-0.2, -0.15) is 0 Å². The first-order valence-corrected chi connectivity index (χ1v) is 8.29. The van der Waals surface area contributed by atoms with Crippen molar-refractivity contribution >= 4 is 33.7 Å². The van der Waals surface area contributed by atoms with Gasteiger partial charge in [0.1, 0.15) is 17.9 Å². The zero-order valence-corrected chi connectivity index (χ0v) is 14.7. The van der Waals surface area contributed by atoms with Crippen molar-refractivity contribution in [3.63, 3.8) is 0 Å². The van der Waals surface area contributed by atoms with Gasteiger partial charge in [0.15, 0.2) is 11.8 Å². The Morgan fingerprint density at radius 3 is 2.85 bits per heavy atom. The molecule has 0 radical (unpaired) electrons. The van der Waals surface area contributed by atoms with E-state index in [1.54, 1.807) is 7.11 Å². The van der Waals surface area contributed by atoms with Gasteiger partial charge in [0.2, 0.25) is 0 Å². The van der Waals surface area contributed by atoms with Gasteiger partial charge >= 0.3 is 0 Å². The number of fused-ring (bicyclic) bond motifs is 3. The number of nitrogens with two attached hydrogens (primary N) is 2. The Morgan fingerprint density at radius 2 is 2.08 bits per heavy atom. The van der Waals surface area contributed by atoms with Gasteiger partial charge in [-0.15, -0.1) is 0 Å². The van der Waals surface area contributed by atoms with E-state index >= 15 is 0 Å². The fraction of sp³-hybridized carbons (Fsp3) is 0.353. The Labute approximate surface area is 150 Å². The molecule has 0 bridgehead atoms. The van der Waals surface area contributed by atoms with Crippen molar-refractivity contribution in [2.45, 2.75) is 13.2 Å². The lowest BCUT2D eigenvalue weighted by Crippen LogP contribution is -2.33. The van der Waals surface area contributed by atoms with E-state index in [9.17, 15) is 0 Å². The average Bonchev–Trinajstić information content (AvgIpc) is 2.97.